The standard InChI is InChI=1S/C14H14FN5O/c15-12-2-1-10(6-16)5-11(12)8-20-4-3-14(21,9-20)13-7-17-19-18-13/h1-2,5,7,21H,3-4,8-9H2,(H,17,18,19)/t14-/m0/s1. The van der Waals surface area contributed by atoms with E-state index in [-0.39, 0.29) is 5.82 Å². The zero-order valence-corrected chi connectivity index (χ0v) is 11.3. The molecule has 6 nitrogen and oxygen atoms in total. The first-order valence-electron chi connectivity index (χ1n) is 6.60. The molecule has 21 heavy (non-hydrogen) atoms. The molecule has 108 valence electrons. The van der Waals surface area contributed by atoms with Crippen molar-refractivity contribution in [3.8, 4) is 6.07 Å². The van der Waals surface area contributed by atoms with Crippen LogP contribution in [0.2, 0.25) is 0 Å². The summed E-state index contributed by atoms with van der Waals surface area (Å²) >= 11 is 0. The topological polar surface area (TPSA) is 88.8 Å². The lowest BCUT2D eigenvalue weighted by atomic mass is 10.00. The second-order valence-electron chi connectivity index (χ2n) is 5.27. The molecule has 2 heterocycles. The Hall–Kier alpha value is -2.30. The molecule has 0 unspecified atom stereocenters. The molecule has 1 fully saturated rings. The predicted molar refractivity (Wildman–Crippen MR) is 71.3 cm³/mol. The maximum absolute atomic E-state index is 13.8. The fourth-order valence-electron chi connectivity index (χ4n) is 2.65. The molecule has 2 aromatic rings. The Morgan fingerprint density at radius 1 is 1.52 bits per heavy atom. The number of rotatable bonds is 3. The summed E-state index contributed by atoms with van der Waals surface area (Å²) in [5.74, 6) is -0.342. The molecule has 0 radical (unpaired) electrons. The lowest BCUT2D eigenvalue weighted by Crippen LogP contribution is -2.31. The van der Waals surface area contributed by atoms with E-state index in [9.17, 15) is 9.50 Å². The number of nitriles is 1. The molecule has 0 amide bonds. The van der Waals surface area contributed by atoms with Crippen molar-refractivity contribution in [1.82, 2.24) is 20.3 Å². The largest absolute Gasteiger partial charge is 0.382 e. The number of nitrogens with zero attached hydrogens (tertiary/aromatic N) is 4. The molecule has 0 aliphatic carbocycles. The molecule has 3 rings (SSSR count). The lowest BCUT2D eigenvalue weighted by molar-refractivity contribution is 0.0407. The molecule has 7 heteroatoms. The van der Waals surface area contributed by atoms with Crippen LogP contribution in [0.5, 0.6) is 0 Å². The fraction of sp³-hybridized carbons (Fsp3) is 0.357. The third-order valence-corrected chi connectivity index (χ3v) is 3.79. The van der Waals surface area contributed by atoms with Gasteiger partial charge >= 0.3 is 0 Å². The predicted octanol–water partition coefficient (Wildman–Crippen LogP) is 0.909. The molecule has 1 saturated heterocycles. The van der Waals surface area contributed by atoms with E-state index >= 15 is 0 Å². The molecule has 0 bridgehead atoms. The summed E-state index contributed by atoms with van der Waals surface area (Å²) < 4.78 is 13.8. The van der Waals surface area contributed by atoms with Crippen LogP contribution in [0.25, 0.3) is 0 Å². The molecule has 1 aliphatic rings. The first kappa shape index (κ1) is 13.7. The number of hydrogen-bond donors (Lipinski definition) is 2. The van der Waals surface area contributed by atoms with E-state index in [1.807, 2.05) is 11.0 Å². The Bertz CT molecular complexity index is 681. The average Bonchev–Trinajstić information content (AvgIpc) is 3.12. The van der Waals surface area contributed by atoms with Crippen LogP contribution in [0.1, 0.15) is 23.2 Å². The number of aliphatic hydroxyl groups is 1. The minimum absolute atomic E-state index is 0.342. The van der Waals surface area contributed by atoms with Gasteiger partial charge < -0.3 is 5.11 Å². The van der Waals surface area contributed by atoms with Gasteiger partial charge in [-0.3, -0.25) is 4.90 Å². The summed E-state index contributed by atoms with van der Waals surface area (Å²) in [7, 11) is 0. The Morgan fingerprint density at radius 2 is 2.38 bits per heavy atom. The van der Waals surface area contributed by atoms with Gasteiger partial charge in [0.15, 0.2) is 0 Å². The number of hydrogen-bond acceptors (Lipinski definition) is 5. The van der Waals surface area contributed by atoms with E-state index < -0.39 is 5.60 Å². The highest BCUT2D eigenvalue weighted by atomic mass is 19.1. The molecular formula is C14H14FN5O. The van der Waals surface area contributed by atoms with Crippen LogP contribution >= 0.6 is 0 Å². The minimum atomic E-state index is -1.06. The second-order valence-corrected chi connectivity index (χ2v) is 5.27. The maximum atomic E-state index is 13.8. The number of β-amino-alcohol motifs (C(OH)–C–C–N with tert-alkyl or cyclic N) is 1. The number of H-pyrrole nitrogens is 1. The van der Waals surface area contributed by atoms with Gasteiger partial charge in [0.1, 0.15) is 17.1 Å². The van der Waals surface area contributed by atoms with E-state index in [1.165, 1.54) is 18.3 Å². The van der Waals surface area contributed by atoms with Gasteiger partial charge in [-0.25, -0.2) is 4.39 Å². The van der Waals surface area contributed by atoms with E-state index in [1.54, 1.807) is 6.07 Å². The van der Waals surface area contributed by atoms with Crippen molar-refractivity contribution in [2.24, 2.45) is 0 Å². The van der Waals surface area contributed by atoms with Crippen LogP contribution in [0, 0.1) is 17.1 Å². The summed E-state index contributed by atoms with van der Waals surface area (Å²) in [4.78, 5) is 1.94. The summed E-state index contributed by atoms with van der Waals surface area (Å²) in [5, 5.41) is 29.6. The SMILES string of the molecule is N#Cc1ccc(F)c(CN2CC[C@@](O)(c3cn[nH]n3)C2)c1. The Labute approximate surface area is 120 Å². The van der Waals surface area contributed by atoms with E-state index in [2.05, 4.69) is 15.4 Å². The van der Waals surface area contributed by atoms with Crippen LogP contribution in [0.4, 0.5) is 4.39 Å². The summed E-state index contributed by atoms with van der Waals surface area (Å²) in [5.41, 5.74) is 0.322. The Balaban J connectivity index is 1.75. The Morgan fingerprint density at radius 3 is 3.10 bits per heavy atom. The third-order valence-electron chi connectivity index (χ3n) is 3.79. The van der Waals surface area contributed by atoms with E-state index in [0.717, 1.165) is 0 Å². The number of benzene rings is 1. The summed E-state index contributed by atoms with van der Waals surface area (Å²) in [6, 6.07) is 6.30. The van der Waals surface area contributed by atoms with Gasteiger partial charge in [0.25, 0.3) is 0 Å². The summed E-state index contributed by atoms with van der Waals surface area (Å²) in [6.45, 7) is 1.33. The van der Waals surface area contributed by atoms with Gasteiger partial charge in [-0.1, -0.05) is 0 Å². The first-order valence-corrected chi connectivity index (χ1v) is 6.60. The zero-order chi connectivity index (χ0) is 14.9. The Kier molecular flexibility index (Phi) is 3.41. The van der Waals surface area contributed by atoms with Crippen molar-refractivity contribution in [3.05, 3.63) is 47.0 Å². The molecule has 1 atom stereocenters. The van der Waals surface area contributed by atoms with Crippen molar-refractivity contribution in [2.75, 3.05) is 13.1 Å². The van der Waals surface area contributed by atoms with Crippen molar-refractivity contribution in [1.29, 1.82) is 5.26 Å². The smallest absolute Gasteiger partial charge is 0.127 e. The van der Waals surface area contributed by atoms with Crippen molar-refractivity contribution in [2.45, 2.75) is 18.6 Å². The minimum Gasteiger partial charge on any atom is -0.382 e. The average molecular weight is 287 g/mol. The molecule has 1 aliphatic heterocycles. The molecule has 2 N–H and O–H groups in total. The van der Waals surface area contributed by atoms with Crippen LogP contribution < -0.4 is 0 Å². The van der Waals surface area contributed by atoms with Crippen LogP contribution in [0.15, 0.2) is 24.4 Å². The highest BCUT2D eigenvalue weighted by Gasteiger charge is 2.39. The number of aromatic amines is 1. The van der Waals surface area contributed by atoms with Gasteiger partial charge in [0.2, 0.25) is 0 Å². The van der Waals surface area contributed by atoms with Gasteiger partial charge in [0.05, 0.1) is 17.8 Å². The van der Waals surface area contributed by atoms with Gasteiger partial charge in [-0.05, 0) is 24.6 Å². The molecule has 0 saturated carbocycles. The van der Waals surface area contributed by atoms with Crippen molar-refractivity contribution < 1.29 is 9.50 Å². The van der Waals surface area contributed by atoms with Gasteiger partial charge in [-0.2, -0.15) is 20.7 Å². The van der Waals surface area contributed by atoms with Crippen LogP contribution in [-0.2, 0) is 12.1 Å². The molecule has 0 spiro atoms. The quantitative estimate of drug-likeness (QED) is 0.876. The van der Waals surface area contributed by atoms with Crippen molar-refractivity contribution >= 4 is 0 Å². The molecular weight excluding hydrogens is 273 g/mol. The zero-order valence-electron chi connectivity index (χ0n) is 11.3. The monoisotopic (exact) mass is 287 g/mol. The van der Waals surface area contributed by atoms with E-state index in [4.69, 9.17) is 5.26 Å². The lowest BCUT2D eigenvalue weighted by Gasteiger charge is -2.21. The molecule has 1 aromatic carbocycles. The van der Waals surface area contributed by atoms with Gasteiger partial charge in [0, 0.05) is 25.2 Å². The third kappa shape index (κ3) is 2.63. The number of nitrogens with one attached hydrogen (secondary N) is 1. The molecule has 1 aromatic heterocycles. The van der Waals surface area contributed by atoms with E-state index in [0.29, 0.717) is 42.9 Å². The first-order chi connectivity index (χ1) is 10.1. The normalized spacial score (nSPS) is 22.3. The summed E-state index contributed by atoms with van der Waals surface area (Å²) in [6.07, 6.45) is 2.01. The van der Waals surface area contributed by atoms with Crippen LogP contribution in [0.3, 0.4) is 0 Å². The number of halogens is 1. The van der Waals surface area contributed by atoms with Crippen molar-refractivity contribution in [3.63, 3.8) is 0 Å². The highest BCUT2D eigenvalue weighted by Crippen LogP contribution is 2.31. The second kappa shape index (κ2) is 5.24. The fourth-order valence-corrected chi connectivity index (χ4v) is 2.65. The number of aromatic nitrogens is 3. The van der Waals surface area contributed by atoms with Gasteiger partial charge in [-0.15, -0.1) is 0 Å². The highest BCUT2D eigenvalue weighted by molar-refractivity contribution is 5.33. The maximum Gasteiger partial charge on any atom is 0.127 e. The van der Waals surface area contributed by atoms with Crippen LogP contribution in [-0.4, -0.2) is 38.5 Å². The number of likely N-dealkylation sites (tertiary alicyclic amines) is 1.